The van der Waals surface area contributed by atoms with Crippen LogP contribution in [0.4, 0.5) is 5.13 Å². The first-order chi connectivity index (χ1) is 18.3. The van der Waals surface area contributed by atoms with E-state index in [-0.39, 0.29) is 33.4 Å². The molecule has 4 aromatic rings. The summed E-state index contributed by atoms with van der Waals surface area (Å²) in [7, 11) is 0. The maximum atomic E-state index is 13.8. The number of halogens is 1. The number of rotatable bonds is 8. The quantitative estimate of drug-likeness (QED) is 0.177. The Morgan fingerprint density at radius 2 is 2.00 bits per heavy atom. The zero-order chi connectivity index (χ0) is 27.0. The second-order valence-electron chi connectivity index (χ2n) is 8.61. The summed E-state index contributed by atoms with van der Waals surface area (Å²) in [5.74, 6) is -0.449. The summed E-state index contributed by atoms with van der Waals surface area (Å²) < 4.78 is 17.6. The van der Waals surface area contributed by atoms with E-state index in [0.717, 1.165) is 17.8 Å². The van der Waals surface area contributed by atoms with Crippen molar-refractivity contribution in [2.75, 3.05) is 18.1 Å². The van der Waals surface area contributed by atoms with E-state index in [1.807, 2.05) is 19.1 Å². The zero-order valence-electron chi connectivity index (χ0n) is 20.7. The lowest BCUT2D eigenvalue weighted by molar-refractivity contribution is 0.0554. The molecule has 2 aromatic heterocycles. The molecule has 1 atom stereocenters. The Kier molecular flexibility index (Phi) is 7.18. The van der Waals surface area contributed by atoms with Gasteiger partial charge in [-0.2, -0.15) is 0 Å². The van der Waals surface area contributed by atoms with Crippen molar-refractivity contribution in [3.05, 3.63) is 97.3 Å². The van der Waals surface area contributed by atoms with Gasteiger partial charge in [-0.05, 0) is 49.2 Å². The van der Waals surface area contributed by atoms with Crippen LogP contribution in [0, 0.1) is 6.92 Å². The second-order valence-corrected chi connectivity index (χ2v) is 10.5. The third-order valence-corrected chi connectivity index (χ3v) is 7.64. The molecule has 2 aromatic carbocycles. The molecule has 0 bridgehead atoms. The van der Waals surface area contributed by atoms with Gasteiger partial charge in [0.15, 0.2) is 10.6 Å². The molecule has 0 aliphatic carbocycles. The number of benzene rings is 2. The first kappa shape index (κ1) is 25.9. The van der Waals surface area contributed by atoms with Crippen LogP contribution in [-0.2, 0) is 4.74 Å². The summed E-state index contributed by atoms with van der Waals surface area (Å²) in [5, 5.41) is 0.607. The number of hydrogen-bond donors (Lipinski definition) is 0. The molecule has 1 aliphatic heterocycles. The first-order valence-corrected chi connectivity index (χ1v) is 13.5. The van der Waals surface area contributed by atoms with E-state index >= 15 is 0 Å². The minimum atomic E-state index is -0.819. The van der Waals surface area contributed by atoms with E-state index in [2.05, 4.69) is 27.5 Å². The standard InChI is InChI=1S/C28H23BrN2O6S/c1-4-12-35-18-9-6-16(7-10-18)22-21-23(32)19-14-17(29)8-11-20(19)37-24(21)26(33)31(22)28-30-15(3)25(38-28)27(34)36-13-5-2/h5-11,14,22H,2,4,12-13H2,1,3H3. The molecule has 1 unspecified atom stereocenters. The Bertz CT molecular complexity index is 1630. The van der Waals surface area contributed by atoms with Crippen molar-refractivity contribution in [1.29, 1.82) is 0 Å². The Morgan fingerprint density at radius 1 is 1.24 bits per heavy atom. The monoisotopic (exact) mass is 594 g/mol. The maximum Gasteiger partial charge on any atom is 0.350 e. The molecule has 0 saturated heterocycles. The van der Waals surface area contributed by atoms with Crippen molar-refractivity contribution < 1.29 is 23.5 Å². The van der Waals surface area contributed by atoms with Gasteiger partial charge < -0.3 is 13.9 Å². The first-order valence-electron chi connectivity index (χ1n) is 11.9. The van der Waals surface area contributed by atoms with Crippen molar-refractivity contribution in [2.24, 2.45) is 0 Å². The minimum absolute atomic E-state index is 0.0508. The van der Waals surface area contributed by atoms with Gasteiger partial charge in [0.2, 0.25) is 5.76 Å². The molecule has 1 aliphatic rings. The fourth-order valence-electron chi connectivity index (χ4n) is 4.30. The number of amides is 1. The number of carbonyl (C=O) groups excluding carboxylic acids is 2. The van der Waals surface area contributed by atoms with Crippen molar-refractivity contribution in [3.63, 3.8) is 0 Å². The largest absolute Gasteiger partial charge is 0.494 e. The lowest BCUT2D eigenvalue weighted by Gasteiger charge is -2.22. The summed E-state index contributed by atoms with van der Waals surface area (Å²) in [5.41, 5.74) is 1.29. The number of aromatic nitrogens is 1. The highest BCUT2D eigenvalue weighted by molar-refractivity contribution is 9.10. The second kappa shape index (κ2) is 10.5. The number of carbonyl (C=O) groups is 2. The average Bonchev–Trinajstić information content (AvgIpc) is 3.44. The minimum Gasteiger partial charge on any atom is -0.494 e. The molecule has 1 amide bonds. The van der Waals surface area contributed by atoms with E-state index < -0.39 is 17.9 Å². The number of ether oxygens (including phenoxy) is 2. The number of thiazole rings is 1. The summed E-state index contributed by atoms with van der Waals surface area (Å²) in [4.78, 5) is 46.4. The summed E-state index contributed by atoms with van der Waals surface area (Å²) >= 11 is 4.43. The van der Waals surface area contributed by atoms with Gasteiger partial charge in [0.05, 0.1) is 29.3 Å². The molecular formula is C28H23BrN2O6S. The average molecular weight is 595 g/mol. The van der Waals surface area contributed by atoms with E-state index in [1.165, 1.54) is 11.0 Å². The van der Waals surface area contributed by atoms with Gasteiger partial charge in [-0.15, -0.1) is 0 Å². The summed E-state index contributed by atoms with van der Waals surface area (Å²) in [6.45, 7) is 7.87. The SMILES string of the molecule is C=CCOC(=O)c1sc(N2C(=O)c3oc4ccc(Br)cc4c(=O)c3C2c2ccc(OCCC)cc2)nc1C. The zero-order valence-corrected chi connectivity index (χ0v) is 23.1. The van der Waals surface area contributed by atoms with E-state index in [4.69, 9.17) is 13.9 Å². The Hall–Kier alpha value is -3.76. The molecule has 0 N–H and O–H groups in total. The predicted octanol–water partition coefficient (Wildman–Crippen LogP) is 6.20. The van der Waals surface area contributed by atoms with Gasteiger partial charge in [-0.3, -0.25) is 14.5 Å². The smallest absolute Gasteiger partial charge is 0.350 e. The van der Waals surface area contributed by atoms with Gasteiger partial charge in [-0.1, -0.05) is 59.0 Å². The molecule has 0 fully saturated rings. The van der Waals surface area contributed by atoms with Crippen LogP contribution in [0.2, 0.25) is 0 Å². The van der Waals surface area contributed by atoms with E-state index in [9.17, 15) is 14.4 Å². The molecule has 10 heteroatoms. The molecular weight excluding hydrogens is 572 g/mol. The lowest BCUT2D eigenvalue weighted by Crippen LogP contribution is -2.29. The number of nitrogens with zero attached hydrogens (tertiary/aromatic N) is 2. The Labute approximate surface area is 230 Å². The van der Waals surface area contributed by atoms with Crippen LogP contribution in [0.15, 0.2) is 68.8 Å². The molecule has 0 saturated carbocycles. The highest BCUT2D eigenvalue weighted by atomic mass is 79.9. The van der Waals surface area contributed by atoms with Crippen molar-refractivity contribution >= 4 is 55.2 Å². The van der Waals surface area contributed by atoms with Crippen LogP contribution < -0.4 is 15.1 Å². The third-order valence-electron chi connectivity index (χ3n) is 6.01. The van der Waals surface area contributed by atoms with Gasteiger partial charge in [0.1, 0.15) is 22.8 Å². The van der Waals surface area contributed by atoms with Gasteiger partial charge in [0, 0.05) is 4.47 Å². The highest BCUT2D eigenvalue weighted by Gasteiger charge is 2.45. The fourth-order valence-corrected chi connectivity index (χ4v) is 5.65. The molecule has 8 nitrogen and oxygen atoms in total. The molecule has 0 spiro atoms. The van der Waals surface area contributed by atoms with E-state index in [0.29, 0.717) is 39.1 Å². The molecule has 5 rings (SSSR count). The van der Waals surface area contributed by atoms with Crippen molar-refractivity contribution in [1.82, 2.24) is 4.98 Å². The van der Waals surface area contributed by atoms with Crippen LogP contribution >= 0.6 is 27.3 Å². The summed E-state index contributed by atoms with van der Waals surface area (Å²) in [6.07, 6.45) is 2.34. The number of hydrogen-bond acceptors (Lipinski definition) is 8. The van der Waals surface area contributed by atoms with Crippen molar-refractivity contribution in [3.8, 4) is 5.75 Å². The number of aryl methyl sites for hydroxylation is 1. The van der Waals surface area contributed by atoms with Gasteiger partial charge >= 0.3 is 5.97 Å². The van der Waals surface area contributed by atoms with E-state index in [1.54, 1.807) is 37.3 Å². The Balaban J connectivity index is 1.67. The van der Waals surface area contributed by atoms with Crippen LogP contribution in [0.25, 0.3) is 11.0 Å². The topological polar surface area (TPSA) is 98.9 Å². The van der Waals surface area contributed by atoms with Crippen LogP contribution in [-0.4, -0.2) is 30.1 Å². The Morgan fingerprint density at radius 3 is 2.71 bits per heavy atom. The van der Waals surface area contributed by atoms with Gasteiger partial charge in [-0.25, -0.2) is 9.78 Å². The number of esters is 1. The van der Waals surface area contributed by atoms with Crippen molar-refractivity contribution in [2.45, 2.75) is 26.3 Å². The third kappa shape index (κ3) is 4.54. The fraction of sp³-hybridized carbons (Fsp3) is 0.214. The van der Waals surface area contributed by atoms with Crippen LogP contribution in [0.5, 0.6) is 5.75 Å². The molecule has 0 radical (unpaired) electrons. The van der Waals surface area contributed by atoms with Crippen LogP contribution in [0.1, 0.15) is 56.4 Å². The normalized spacial score (nSPS) is 14.6. The predicted molar refractivity (Wildman–Crippen MR) is 148 cm³/mol. The molecule has 194 valence electrons. The lowest BCUT2D eigenvalue weighted by atomic mass is 9.98. The molecule has 38 heavy (non-hydrogen) atoms. The summed E-state index contributed by atoms with van der Waals surface area (Å²) in [6, 6.07) is 11.5. The highest BCUT2D eigenvalue weighted by Crippen LogP contribution is 2.43. The molecule has 3 heterocycles. The number of fused-ring (bicyclic) bond motifs is 2. The van der Waals surface area contributed by atoms with Crippen LogP contribution in [0.3, 0.4) is 0 Å². The number of anilines is 1. The maximum absolute atomic E-state index is 13.8. The van der Waals surface area contributed by atoms with Gasteiger partial charge in [0.25, 0.3) is 5.91 Å².